The lowest BCUT2D eigenvalue weighted by molar-refractivity contribution is -0.385. The molecule has 1 N–H and O–H groups in total. The van der Waals surface area contributed by atoms with Crippen molar-refractivity contribution in [1.29, 1.82) is 0 Å². The average molecular weight is 541 g/mol. The molecule has 0 atom stereocenters. The highest BCUT2D eigenvalue weighted by molar-refractivity contribution is 7.99. The Labute approximate surface area is 224 Å². The molecule has 5 rings (SSSR count). The molecule has 1 aliphatic rings. The Bertz CT molecular complexity index is 1670. The molecule has 11 nitrogen and oxygen atoms in total. The van der Waals surface area contributed by atoms with Gasteiger partial charge in [-0.1, -0.05) is 17.8 Å². The summed E-state index contributed by atoms with van der Waals surface area (Å²) >= 11 is 1.36. The van der Waals surface area contributed by atoms with Crippen LogP contribution in [-0.2, 0) is 0 Å². The lowest BCUT2D eigenvalue weighted by Crippen LogP contribution is -2.29. The molecule has 0 fully saturated rings. The molecule has 4 aromatic rings. The second kappa shape index (κ2) is 10.2. The molecule has 0 aliphatic carbocycles. The maximum absolute atomic E-state index is 13.2. The van der Waals surface area contributed by atoms with E-state index in [2.05, 4.69) is 5.32 Å². The lowest BCUT2D eigenvalue weighted by atomic mass is 10.1. The average Bonchev–Trinajstić information content (AvgIpc) is 3.18. The van der Waals surface area contributed by atoms with E-state index in [1.54, 1.807) is 36.4 Å². The minimum absolute atomic E-state index is 0.00926. The second-order valence-corrected chi connectivity index (χ2v) is 9.46. The maximum atomic E-state index is 13.2. The van der Waals surface area contributed by atoms with Crippen molar-refractivity contribution < 1.29 is 24.2 Å². The van der Waals surface area contributed by atoms with Gasteiger partial charge in [-0.3, -0.25) is 34.6 Å². The van der Waals surface area contributed by atoms with Gasteiger partial charge in [-0.05, 0) is 60.7 Å². The van der Waals surface area contributed by atoms with Crippen LogP contribution in [0.25, 0.3) is 0 Å². The number of benzene rings is 4. The highest BCUT2D eigenvalue weighted by Crippen LogP contribution is 2.33. The fourth-order valence-electron chi connectivity index (χ4n) is 3.95. The predicted octanol–water partition coefficient (Wildman–Crippen LogP) is 5.71. The second-order valence-electron chi connectivity index (χ2n) is 8.31. The van der Waals surface area contributed by atoms with E-state index >= 15 is 0 Å². The molecular formula is C27H16N4O7S. The molecule has 39 heavy (non-hydrogen) atoms. The third-order valence-electron chi connectivity index (χ3n) is 5.84. The van der Waals surface area contributed by atoms with Crippen molar-refractivity contribution in [1.82, 2.24) is 0 Å². The van der Waals surface area contributed by atoms with Crippen LogP contribution in [0.2, 0.25) is 0 Å². The maximum Gasteiger partial charge on any atom is 0.271 e. The third kappa shape index (κ3) is 5.08. The largest absolute Gasteiger partial charge is 0.322 e. The van der Waals surface area contributed by atoms with Gasteiger partial charge < -0.3 is 5.32 Å². The molecule has 0 radical (unpaired) electrons. The number of nitro benzene ring substituents is 2. The number of carbonyl (C=O) groups excluding carboxylic acids is 3. The van der Waals surface area contributed by atoms with E-state index in [1.807, 2.05) is 0 Å². The van der Waals surface area contributed by atoms with Crippen LogP contribution in [0, 0.1) is 20.2 Å². The molecule has 0 aromatic heterocycles. The molecule has 0 saturated carbocycles. The Morgan fingerprint density at radius 1 is 0.718 bits per heavy atom. The molecular weight excluding hydrogens is 524 g/mol. The summed E-state index contributed by atoms with van der Waals surface area (Å²) in [6, 6.07) is 22.3. The minimum atomic E-state index is -0.593. The third-order valence-corrected chi connectivity index (χ3v) is 6.86. The summed E-state index contributed by atoms with van der Waals surface area (Å²) in [4.78, 5) is 62.3. The van der Waals surface area contributed by atoms with E-state index in [9.17, 15) is 34.6 Å². The zero-order valence-corrected chi connectivity index (χ0v) is 20.6. The molecule has 4 aromatic carbocycles. The van der Waals surface area contributed by atoms with Crippen molar-refractivity contribution in [2.75, 3.05) is 10.2 Å². The van der Waals surface area contributed by atoms with Gasteiger partial charge in [-0.2, -0.15) is 0 Å². The standard InChI is InChI=1S/C27H16N4O7S/c32-25(28-17-2-1-3-20(15-17)31(37)38)16-4-13-23-24(14-16)27(34)29(26(23)33)18-5-9-21(10-6-18)39-22-11-7-19(8-12-22)30(35)36/h1-15H,(H,28,32). The zero-order valence-electron chi connectivity index (χ0n) is 19.8. The minimum Gasteiger partial charge on any atom is -0.322 e. The van der Waals surface area contributed by atoms with Crippen LogP contribution >= 0.6 is 11.8 Å². The number of carbonyl (C=O) groups is 3. The highest BCUT2D eigenvalue weighted by atomic mass is 32.2. The van der Waals surface area contributed by atoms with Gasteiger partial charge in [0.1, 0.15) is 0 Å². The smallest absolute Gasteiger partial charge is 0.271 e. The number of nitrogens with zero attached hydrogens (tertiary/aromatic N) is 3. The molecule has 0 saturated heterocycles. The van der Waals surface area contributed by atoms with Gasteiger partial charge in [0.05, 0.1) is 26.7 Å². The van der Waals surface area contributed by atoms with E-state index in [0.29, 0.717) is 5.69 Å². The van der Waals surface area contributed by atoms with Gasteiger partial charge in [0, 0.05) is 45.3 Å². The summed E-state index contributed by atoms with van der Waals surface area (Å²) < 4.78 is 0. The monoisotopic (exact) mass is 540 g/mol. The summed E-state index contributed by atoms with van der Waals surface area (Å²) in [5.41, 5.74) is 0.688. The van der Waals surface area contributed by atoms with Gasteiger partial charge in [0.25, 0.3) is 29.1 Å². The van der Waals surface area contributed by atoms with E-state index in [-0.39, 0.29) is 33.8 Å². The van der Waals surface area contributed by atoms with Crippen LogP contribution < -0.4 is 10.2 Å². The number of non-ortho nitro benzene ring substituents is 2. The van der Waals surface area contributed by atoms with Crippen LogP contribution in [0.3, 0.4) is 0 Å². The van der Waals surface area contributed by atoms with Crippen LogP contribution in [0.5, 0.6) is 0 Å². The number of amides is 3. The van der Waals surface area contributed by atoms with Gasteiger partial charge in [-0.25, -0.2) is 4.90 Å². The summed E-state index contributed by atoms with van der Waals surface area (Å²) in [5.74, 6) is -1.71. The number of nitrogens with one attached hydrogen (secondary N) is 1. The van der Waals surface area contributed by atoms with Crippen LogP contribution in [0.1, 0.15) is 31.1 Å². The molecule has 192 valence electrons. The van der Waals surface area contributed by atoms with Gasteiger partial charge in [0.2, 0.25) is 0 Å². The first-order valence-electron chi connectivity index (χ1n) is 11.3. The fraction of sp³-hybridized carbons (Fsp3) is 0. The first kappa shape index (κ1) is 25.3. The summed E-state index contributed by atoms with van der Waals surface area (Å²) in [6.45, 7) is 0. The predicted molar refractivity (Wildman–Crippen MR) is 142 cm³/mol. The Morgan fingerprint density at radius 2 is 1.33 bits per heavy atom. The van der Waals surface area contributed by atoms with Crippen LogP contribution in [0.15, 0.2) is 101 Å². The Balaban J connectivity index is 1.32. The number of nitro groups is 2. The number of fused-ring (bicyclic) bond motifs is 1. The molecule has 3 amide bonds. The number of hydrogen-bond donors (Lipinski definition) is 1. The Hall–Kier alpha value is -5.36. The van der Waals surface area contributed by atoms with Gasteiger partial charge >= 0.3 is 0 Å². The number of rotatable bonds is 7. The summed E-state index contributed by atoms with van der Waals surface area (Å²) in [7, 11) is 0. The van der Waals surface area contributed by atoms with E-state index in [4.69, 9.17) is 0 Å². The Kier molecular flexibility index (Phi) is 6.61. The Morgan fingerprint density at radius 3 is 1.97 bits per heavy atom. The molecule has 0 spiro atoms. The molecule has 0 bridgehead atoms. The van der Waals surface area contributed by atoms with E-state index < -0.39 is 27.6 Å². The van der Waals surface area contributed by atoms with Crippen LogP contribution in [-0.4, -0.2) is 27.6 Å². The first-order valence-corrected chi connectivity index (χ1v) is 12.1. The highest BCUT2D eigenvalue weighted by Gasteiger charge is 2.37. The van der Waals surface area contributed by atoms with Crippen molar-refractivity contribution in [3.63, 3.8) is 0 Å². The quantitative estimate of drug-likeness (QED) is 0.178. The van der Waals surface area contributed by atoms with Crippen molar-refractivity contribution in [2.45, 2.75) is 9.79 Å². The number of imide groups is 1. The van der Waals surface area contributed by atoms with E-state index in [0.717, 1.165) is 14.7 Å². The van der Waals surface area contributed by atoms with Crippen molar-refractivity contribution in [2.24, 2.45) is 0 Å². The summed E-state index contributed by atoms with van der Waals surface area (Å²) in [5, 5.41) is 24.4. The molecule has 1 heterocycles. The van der Waals surface area contributed by atoms with Crippen molar-refractivity contribution in [3.05, 3.63) is 128 Å². The molecule has 0 unspecified atom stereocenters. The van der Waals surface area contributed by atoms with Gasteiger partial charge in [0.15, 0.2) is 0 Å². The molecule has 12 heteroatoms. The van der Waals surface area contributed by atoms with Gasteiger partial charge in [-0.15, -0.1) is 0 Å². The molecule has 1 aliphatic heterocycles. The number of anilines is 2. The summed E-state index contributed by atoms with van der Waals surface area (Å²) in [6.07, 6.45) is 0. The normalized spacial score (nSPS) is 12.3. The first-order chi connectivity index (χ1) is 18.7. The van der Waals surface area contributed by atoms with Crippen molar-refractivity contribution in [3.8, 4) is 0 Å². The lowest BCUT2D eigenvalue weighted by Gasteiger charge is -2.14. The van der Waals surface area contributed by atoms with E-state index in [1.165, 1.54) is 66.4 Å². The fourth-order valence-corrected chi connectivity index (χ4v) is 4.77. The van der Waals surface area contributed by atoms with Crippen LogP contribution in [0.4, 0.5) is 22.7 Å². The SMILES string of the molecule is O=C(Nc1cccc([N+](=O)[O-])c1)c1ccc2c(c1)C(=O)N(c1ccc(Sc3ccc([N+](=O)[O-])cc3)cc1)C2=O. The number of hydrogen-bond acceptors (Lipinski definition) is 8. The zero-order chi connectivity index (χ0) is 27.7. The van der Waals surface area contributed by atoms with Crippen molar-refractivity contribution >= 4 is 52.2 Å². The topological polar surface area (TPSA) is 153 Å².